The Labute approximate surface area is 189 Å². The zero-order chi connectivity index (χ0) is 22.0. The van der Waals surface area contributed by atoms with Gasteiger partial charge in [0.25, 0.3) is 0 Å². The normalized spacial score (nSPS) is 21.5. The van der Waals surface area contributed by atoms with Gasteiger partial charge in [-0.15, -0.1) is 0 Å². The van der Waals surface area contributed by atoms with Crippen molar-refractivity contribution in [1.82, 2.24) is 9.55 Å². The molecular formula is C26H32N2O2S. The van der Waals surface area contributed by atoms with Gasteiger partial charge in [0.05, 0.1) is 16.8 Å². The fraction of sp³-hybridized carbons (Fsp3) is 0.462. The van der Waals surface area contributed by atoms with Crippen molar-refractivity contribution in [1.29, 1.82) is 0 Å². The smallest absolute Gasteiger partial charge is 0.316 e. The highest BCUT2D eigenvalue weighted by Gasteiger charge is 2.33. The van der Waals surface area contributed by atoms with E-state index in [2.05, 4.69) is 62.6 Å². The van der Waals surface area contributed by atoms with E-state index in [-0.39, 0.29) is 17.8 Å². The molecule has 2 aromatic carbocycles. The number of fused-ring (bicyclic) bond motifs is 1. The van der Waals surface area contributed by atoms with Gasteiger partial charge in [-0.05, 0) is 67.3 Å². The van der Waals surface area contributed by atoms with Crippen molar-refractivity contribution in [2.24, 2.45) is 17.8 Å². The summed E-state index contributed by atoms with van der Waals surface area (Å²) in [6.45, 7) is 8.82. The van der Waals surface area contributed by atoms with Gasteiger partial charge in [-0.3, -0.25) is 9.36 Å². The van der Waals surface area contributed by atoms with Crippen molar-refractivity contribution >= 4 is 28.8 Å². The van der Waals surface area contributed by atoms with Crippen LogP contribution in [0.25, 0.3) is 16.7 Å². The van der Waals surface area contributed by atoms with Crippen LogP contribution in [-0.4, -0.2) is 27.4 Å². The minimum Gasteiger partial charge on any atom is -0.461 e. The molecule has 0 N–H and O–H groups in total. The van der Waals surface area contributed by atoms with E-state index in [0.717, 1.165) is 34.7 Å². The quantitative estimate of drug-likeness (QED) is 0.330. The lowest BCUT2D eigenvalue weighted by Crippen LogP contribution is -2.36. The summed E-state index contributed by atoms with van der Waals surface area (Å²) in [4.78, 5) is 17.6. The SMILES string of the molecule is Cc1cccc(-n2c(SCC(=O)O[C@@H]3C[C@@H](C)CC[C@@H]3C(C)C)nc3ccccc32)c1. The van der Waals surface area contributed by atoms with Crippen molar-refractivity contribution in [3.05, 3.63) is 54.1 Å². The molecule has 1 aliphatic rings. The van der Waals surface area contributed by atoms with Crippen LogP contribution in [0, 0.1) is 24.7 Å². The Hall–Kier alpha value is -2.27. The summed E-state index contributed by atoms with van der Waals surface area (Å²) in [7, 11) is 0. The first-order valence-electron chi connectivity index (χ1n) is 11.3. The number of aryl methyl sites for hydroxylation is 1. The van der Waals surface area contributed by atoms with Crippen LogP contribution in [0.2, 0.25) is 0 Å². The second-order valence-corrected chi connectivity index (χ2v) is 10.1. The van der Waals surface area contributed by atoms with Gasteiger partial charge in [0.1, 0.15) is 6.10 Å². The molecule has 0 unspecified atom stereocenters. The molecule has 3 aromatic rings. The predicted molar refractivity (Wildman–Crippen MR) is 128 cm³/mol. The molecule has 1 aliphatic carbocycles. The fourth-order valence-corrected chi connectivity index (χ4v) is 5.50. The van der Waals surface area contributed by atoms with Crippen molar-refractivity contribution in [3.63, 3.8) is 0 Å². The summed E-state index contributed by atoms with van der Waals surface area (Å²) in [5.74, 6) is 1.74. The molecule has 1 fully saturated rings. The maximum Gasteiger partial charge on any atom is 0.316 e. The molecule has 0 saturated heterocycles. The minimum atomic E-state index is -0.141. The molecular weight excluding hydrogens is 404 g/mol. The number of rotatable bonds is 6. The number of hydrogen-bond acceptors (Lipinski definition) is 4. The van der Waals surface area contributed by atoms with Crippen molar-refractivity contribution in [2.75, 3.05) is 5.75 Å². The average molecular weight is 437 g/mol. The molecule has 0 amide bonds. The summed E-state index contributed by atoms with van der Waals surface area (Å²) in [5, 5.41) is 0.821. The topological polar surface area (TPSA) is 44.1 Å². The van der Waals surface area contributed by atoms with Crippen LogP contribution < -0.4 is 0 Å². The van der Waals surface area contributed by atoms with E-state index in [9.17, 15) is 4.79 Å². The molecule has 3 atom stereocenters. The lowest BCUT2D eigenvalue weighted by atomic mass is 9.75. The number of para-hydroxylation sites is 2. The highest BCUT2D eigenvalue weighted by molar-refractivity contribution is 7.99. The number of esters is 1. The van der Waals surface area contributed by atoms with Gasteiger partial charge in [0, 0.05) is 5.69 Å². The van der Waals surface area contributed by atoms with Gasteiger partial charge in [-0.25, -0.2) is 4.98 Å². The highest BCUT2D eigenvalue weighted by Crippen LogP contribution is 2.36. The number of thioether (sulfide) groups is 1. The van der Waals surface area contributed by atoms with E-state index in [0.29, 0.717) is 17.8 Å². The van der Waals surface area contributed by atoms with E-state index >= 15 is 0 Å². The number of hydrogen-bond donors (Lipinski definition) is 0. The molecule has 1 saturated carbocycles. The third-order valence-electron chi connectivity index (χ3n) is 6.35. The largest absolute Gasteiger partial charge is 0.461 e. The van der Waals surface area contributed by atoms with Crippen molar-refractivity contribution in [2.45, 2.75) is 58.2 Å². The number of benzene rings is 2. The summed E-state index contributed by atoms with van der Waals surface area (Å²) >= 11 is 1.46. The Morgan fingerprint density at radius 1 is 1.19 bits per heavy atom. The van der Waals surface area contributed by atoms with Crippen LogP contribution in [0.15, 0.2) is 53.7 Å². The maximum absolute atomic E-state index is 12.8. The minimum absolute atomic E-state index is 0.0347. The Morgan fingerprint density at radius 2 is 2.00 bits per heavy atom. The van der Waals surface area contributed by atoms with Gasteiger partial charge in [0.15, 0.2) is 5.16 Å². The van der Waals surface area contributed by atoms with Gasteiger partial charge >= 0.3 is 5.97 Å². The van der Waals surface area contributed by atoms with Crippen LogP contribution in [0.4, 0.5) is 0 Å². The lowest BCUT2D eigenvalue weighted by molar-refractivity contribution is -0.152. The number of carbonyl (C=O) groups excluding carboxylic acids is 1. The molecule has 4 nitrogen and oxygen atoms in total. The van der Waals surface area contributed by atoms with Gasteiger partial charge < -0.3 is 4.74 Å². The number of carbonyl (C=O) groups is 1. The predicted octanol–water partition coefficient (Wildman–Crippen LogP) is 6.43. The maximum atomic E-state index is 12.8. The van der Waals surface area contributed by atoms with E-state index in [1.807, 2.05) is 18.2 Å². The molecule has 4 rings (SSSR count). The van der Waals surface area contributed by atoms with Crippen LogP contribution >= 0.6 is 11.8 Å². The average Bonchev–Trinajstić information content (AvgIpc) is 3.10. The monoisotopic (exact) mass is 436 g/mol. The van der Waals surface area contributed by atoms with Crippen molar-refractivity contribution in [3.8, 4) is 5.69 Å². The van der Waals surface area contributed by atoms with Gasteiger partial charge in [-0.2, -0.15) is 0 Å². The molecule has 1 aromatic heterocycles. The molecule has 5 heteroatoms. The standard InChI is InChI=1S/C26H32N2O2S/c1-17(2)21-13-12-19(4)15-24(21)30-25(29)16-31-26-27-22-10-5-6-11-23(22)28(26)20-9-7-8-18(3)14-20/h5-11,14,17,19,21,24H,12-13,15-16H2,1-4H3/t19-,21+,24+/m0/s1. The van der Waals surface area contributed by atoms with Crippen LogP contribution in [0.1, 0.15) is 45.6 Å². The first-order chi connectivity index (χ1) is 14.9. The van der Waals surface area contributed by atoms with Gasteiger partial charge in [0.2, 0.25) is 0 Å². The number of ether oxygens (including phenoxy) is 1. The van der Waals surface area contributed by atoms with Crippen molar-refractivity contribution < 1.29 is 9.53 Å². The summed E-state index contributed by atoms with van der Waals surface area (Å²) in [6, 6.07) is 16.5. The van der Waals surface area contributed by atoms with Gasteiger partial charge in [-0.1, -0.05) is 63.2 Å². The second-order valence-electron chi connectivity index (χ2n) is 9.20. The molecule has 31 heavy (non-hydrogen) atoms. The fourth-order valence-electron chi connectivity index (χ4n) is 4.69. The zero-order valence-electron chi connectivity index (χ0n) is 18.9. The van der Waals surface area contributed by atoms with E-state index in [1.54, 1.807) is 0 Å². The lowest BCUT2D eigenvalue weighted by Gasteiger charge is -2.36. The summed E-state index contributed by atoms with van der Waals surface area (Å²) in [6.07, 6.45) is 3.38. The Morgan fingerprint density at radius 3 is 2.77 bits per heavy atom. The third kappa shape index (κ3) is 4.98. The molecule has 1 heterocycles. The Kier molecular flexibility index (Phi) is 6.71. The second kappa shape index (κ2) is 9.47. The number of aromatic nitrogens is 2. The first kappa shape index (κ1) is 21.9. The molecule has 0 aliphatic heterocycles. The first-order valence-corrected chi connectivity index (χ1v) is 12.3. The van der Waals surface area contributed by atoms with Crippen LogP contribution in [-0.2, 0) is 9.53 Å². The van der Waals surface area contributed by atoms with Crippen LogP contribution in [0.5, 0.6) is 0 Å². The summed E-state index contributed by atoms with van der Waals surface area (Å²) < 4.78 is 8.14. The third-order valence-corrected chi connectivity index (χ3v) is 7.27. The number of nitrogens with zero attached hydrogens (tertiary/aromatic N) is 2. The zero-order valence-corrected chi connectivity index (χ0v) is 19.7. The Balaban J connectivity index is 1.52. The summed E-state index contributed by atoms with van der Waals surface area (Å²) in [5.41, 5.74) is 4.23. The van der Waals surface area contributed by atoms with Crippen LogP contribution in [0.3, 0.4) is 0 Å². The molecule has 0 spiro atoms. The van der Waals surface area contributed by atoms with E-state index < -0.39 is 0 Å². The molecule has 0 bridgehead atoms. The Bertz CT molecular complexity index is 1060. The van der Waals surface area contributed by atoms with E-state index in [4.69, 9.17) is 9.72 Å². The highest BCUT2D eigenvalue weighted by atomic mass is 32.2. The molecule has 0 radical (unpaired) electrons. The number of imidazole rings is 1. The molecule has 164 valence electrons. The van der Waals surface area contributed by atoms with E-state index in [1.165, 1.54) is 23.7 Å².